The number of esters is 1. The maximum atomic E-state index is 11.5. The SMILES string of the molecule is CCOC(=O)Cc1cccc(CC(=O)CCl)c1C#N. The van der Waals surface area contributed by atoms with Crippen LogP contribution in [0.3, 0.4) is 0 Å². The van der Waals surface area contributed by atoms with Gasteiger partial charge in [0.25, 0.3) is 0 Å². The minimum Gasteiger partial charge on any atom is -0.466 e. The zero-order valence-electron chi connectivity index (χ0n) is 10.6. The van der Waals surface area contributed by atoms with E-state index in [1.165, 1.54) is 0 Å². The predicted molar refractivity (Wildman–Crippen MR) is 70.9 cm³/mol. The van der Waals surface area contributed by atoms with Crippen molar-refractivity contribution < 1.29 is 14.3 Å². The molecule has 0 saturated carbocycles. The lowest BCUT2D eigenvalue weighted by Crippen LogP contribution is -2.11. The maximum Gasteiger partial charge on any atom is 0.310 e. The van der Waals surface area contributed by atoms with Crippen molar-refractivity contribution in [1.29, 1.82) is 5.26 Å². The van der Waals surface area contributed by atoms with E-state index >= 15 is 0 Å². The molecule has 5 heteroatoms. The first kappa shape index (κ1) is 15.2. The van der Waals surface area contributed by atoms with Crippen molar-refractivity contribution in [3.63, 3.8) is 0 Å². The van der Waals surface area contributed by atoms with Crippen LogP contribution in [-0.2, 0) is 27.2 Å². The summed E-state index contributed by atoms with van der Waals surface area (Å²) in [6.07, 6.45) is 0.128. The number of nitriles is 1. The van der Waals surface area contributed by atoms with Gasteiger partial charge in [-0.15, -0.1) is 11.6 Å². The van der Waals surface area contributed by atoms with E-state index < -0.39 is 0 Å². The van der Waals surface area contributed by atoms with E-state index in [1.54, 1.807) is 25.1 Å². The summed E-state index contributed by atoms with van der Waals surface area (Å²) < 4.78 is 4.85. The molecule has 100 valence electrons. The van der Waals surface area contributed by atoms with Crippen molar-refractivity contribution in [3.8, 4) is 6.07 Å². The summed E-state index contributed by atoms with van der Waals surface area (Å²) in [4.78, 5) is 22.8. The normalized spacial score (nSPS) is 9.74. The van der Waals surface area contributed by atoms with Gasteiger partial charge in [-0.25, -0.2) is 0 Å². The maximum absolute atomic E-state index is 11.5. The van der Waals surface area contributed by atoms with Crippen molar-refractivity contribution in [1.82, 2.24) is 0 Å². The number of Topliss-reactive ketones (excluding diaryl/α,β-unsaturated/α-hetero) is 1. The van der Waals surface area contributed by atoms with E-state index in [-0.39, 0.29) is 30.5 Å². The summed E-state index contributed by atoms with van der Waals surface area (Å²) in [7, 11) is 0. The molecule has 1 aromatic rings. The Morgan fingerprint density at radius 1 is 1.32 bits per heavy atom. The fourth-order valence-corrected chi connectivity index (χ4v) is 1.81. The number of carbonyl (C=O) groups excluding carboxylic acids is 2. The van der Waals surface area contributed by atoms with Gasteiger partial charge in [0.15, 0.2) is 5.78 Å². The lowest BCUT2D eigenvalue weighted by atomic mass is 9.96. The Balaban J connectivity index is 3.00. The molecule has 0 bridgehead atoms. The molecule has 1 aromatic carbocycles. The van der Waals surface area contributed by atoms with Crippen LogP contribution in [0.15, 0.2) is 18.2 Å². The van der Waals surface area contributed by atoms with Crippen molar-refractivity contribution in [2.75, 3.05) is 12.5 Å². The molecule has 0 atom stereocenters. The molecule has 0 fully saturated rings. The standard InChI is InChI=1S/C14H14ClNO3/c1-2-19-14(18)7-11-5-3-4-10(13(11)9-16)6-12(17)8-15/h3-5H,2,6-8H2,1H3. The van der Waals surface area contributed by atoms with Gasteiger partial charge >= 0.3 is 5.97 Å². The van der Waals surface area contributed by atoms with E-state index in [4.69, 9.17) is 16.3 Å². The van der Waals surface area contributed by atoms with Gasteiger partial charge in [0.1, 0.15) is 0 Å². The molecule has 0 spiro atoms. The Morgan fingerprint density at radius 2 is 1.95 bits per heavy atom. The highest BCUT2D eigenvalue weighted by molar-refractivity contribution is 6.27. The fourth-order valence-electron chi connectivity index (χ4n) is 1.72. The summed E-state index contributed by atoms with van der Waals surface area (Å²) in [5.74, 6) is -0.640. The minimum absolute atomic E-state index is 0.0274. The average molecular weight is 280 g/mol. The highest BCUT2D eigenvalue weighted by atomic mass is 35.5. The Kier molecular flexibility index (Phi) is 6.04. The van der Waals surface area contributed by atoms with E-state index in [0.29, 0.717) is 23.3 Å². The Bertz CT molecular complexity index is 520. The molecule has 0 saturated heterocycles. The van der Waals surface area contributed by atoms with Crippen molar-refractivity contribution >= 4 is 23.4 Å². The number of benzene rings is 1. The third-order valence-corrected chi connectivity index (χ3v) is 2.82. The Hall–Kier alpha value is -1.86. The summed E-state index contributed by atoms with van der Waals surface area (Å²) >= 11 is 5.46. The van der Waals surface area contributed by atoms with Crippen LogP contribution in [0.4, 0.5) is 0 Å². The Morgan fingerprint density at radius 3 is 2.47 bits per heavy atom. The van der Waals surface area contributed by atoms with Gasteiger partial charge in [0, 0.05) is 6.42 Å². The first-order valence-electron chi connectivity index (χ1n) is 5.86. The molecule has 0 heterocycles. The topological polar surface area (TPSA) is 67.2 Å². The molecule has 0 N–H and O–H groups in total. The van der Waals surface area contributed by atoms with Crippen molar-refractivity contribution in [2.24, 2.45) is 0 Å². The molecule has 0 aliphatic carbocycles. The van der Waals surface area contributed by atoms with Crippen molar-refractivity contribution in [2.45, 2.75) is 19.8 Å². The van der Waals surface area contributed by atoms with E-state index in [2.05, 4.69) is 0 Å². The van der Waals surface area contributed by atoms with Crippen LogP contribution in [0.25, 0.3) is 0 Å². The van der Waals surface area contributed by atoms with E-state index in [9.17, 15) is 14.9 Å². The molecule has 0 aromatic heterocycles. The van der Waals surface area contributed by atoms with Crippen LogP contribution < -0.4 is 0 Å². The number of ketones is 1. The van der Waals surface area contributed by atoms with E-state index in [1.807, 2.05) is 6.07 Å². The van der Waals surface area contributed by atoms with Gasteiger partial charge in [0.2, 0.25) is 0 Å². The summed E-state index contributed by atoms with van der Waals surface area (Å²) in [5, 5.41) is 9.18. The second-order valence-corrected chi connectivity index (χ2v) is 4.16. The first-order valence-corrected chi connectivity index (χ1v) is 6.40. The number of hydrogen-bond acceptors (Lipinski definition) is 4. The van der Waals surface area contributed by atoms with Crippen LogP contribution >= 0.6 is 11.6 Å². The second kappa shape index (κ2) is 7.55. The van der Waals surface area contributed by atoms with Gasteiger partial charge < -0.3 is 4.74 Å². The third kappa shape index (κ3) is 4.38. The molecule has 0 radical (unpaired) electrons. The van der Waals surface area contributed by atoms with E-state index in [0.717, 1.165) is 0 Å². The molecular weight excluding hydrogens is 266 g/mol. The molecule has 19 heavy (non-hydrogen) atoms. The number of nitrogens with zero attached hydrogens (tertiary/aromatic N) is 1. The van der Waals surface area contributed by atoms with Crippen molar-refractivity contribution in [3.05, 3.63) is 34.9 Å². The van der Waals surface area contributed by atoms with Crippen LogP contribution in [0.5, 0.6) is 0 Å². The van der Waals surface area contributed by atoms with Crippen LogP contribution in [0, 0.1) is 11.3 Å². The minimum atomic E-state index is -0.389. The summed E-state index contributed by atoms with van der Waals surface area (Å²) in [6, 6.07) is 7.13. The summed E-state index contributed by atoms with van der Waals surface area (Å²) in [5.41, 5.74) is 1.52. The molecule has 0 aliphatic heterocycles. The number of ether oxygens (including phenoxy) is 1. The van der Waals surface area contributed by atoms with Crippen LogP contribution in [0.2, 0.25) is 0 Å². The van der Waals surface area contributed by atoms with Gasteiger partial charge in [-0.1, -0.05) is 18.2 Å². The number of halogens is 1. The monoisotopic (exact) mass is 279 g/mol. The second-order valence-electron chi connectivity index (χ2n) is 3.89. The van der Waals surface area contributed by atoms with Crippen LogP contribution in [-0.4, -0.2) is 24.2 Å². The van der Waals surface area contributed by atoms with Gasteiger partial charge in [-0.05, 0) is 18.1 Å². The van der Waals surface area contributed by atoms with Gasteiger partial charge in [-0.3, -0.25) is 9.59 Å². The largest absolute Gasteiger partial charge is 0.466 e. The number of rotatable bonds is 6. The Labute approximate surface area is 116 Å². The van der Waals surface area contributed by atoms with Gasteiger partial charge in [-0.2, -0.15) is 5.26 Å². The zero-order chi connectivity index (χ0) is 14.3. The zero-order valence-corrected chi connectivity index (χ0v) is 11.4. The number of hydrogen-bond donors (Lipinski definition) is 0. The molecule has 1 rings (SSSR count). The highest BCUT2D eigenvalue weighted by Crippen LogP contribution is 2.16. The molecule has 4 nitrogen and oxygen atoms in total. The summed E-state index contributed by atoms with van der Waals surface area (Å²) in [6.45, 7) is 2.02. The lowest BCUT2D eigenvalue weighted by molar-refractivity contribution is -0.142. The smallest absolute Gasteiger partial charge is 0.310 e. The predicted octanol–water partition coefficient (Wildman–Crippen LogP) is 2.01. The third-order valence-electron chi connectivity index (χ3n) is 2.53. The number of alkyl halides is 1. The number of carbonyl (C=O) groups is 2. The molecule has 0 amide bonds. The lowest BCUT2D eigenvalue weighted by Gasteiger charge is -2.08. The fraction of sp³-hybridized carbons (Fsp3) is 0.357. The molecule has 0 aliphatic rings. The quantitative estimate of drug-likeness (QED) is 0.590. The molecule has 0 unspecified atom stereocenters. The average Bonchev–Trinajstić information content (AvgIpc) is 2.39. The van der Waals surface area contributed by atoms with Gasteiger partial charge in [0.05, 0.1) is 30.5 Å². The molecular formula is C14H14ClNO3. The van der Waals surface area contributed by atoms with Crippen LogP contribution in [0.1, 0.15) is 23.6 Å². The highest BCUT2D eigenvalue weighted by Gasteiger charge is 2.14. The first-order chi connectivity index (χ1) is 9.12.